The number of aromatic nitrogens is 4. The molecule has 3 aromatic rings. The topological polar surface area (TPSA) is 99.0 Å². The van der Waals surface area contributed by atoms with E-state index in [1.807, 2.05) is 27.7 Å². The number of fused-ring (bicyclic) bond motifs is 1. The van der Waals surface area contributed by atoms with Crippen molar-refractivity contribution in [2.75, 3.05) is 5.32 Å². The van der Waals surface area contributed by atoms with E-state index >= 15 is 0 Å². The van der Waals surface area contributed by atoms with Crippen molar-refractivity contribution in [2.45, 2.75) is 46.8 Å². The van der Waals surface area contributed by atoms with Gasteiger partial charge in [0.2, 0.25) is 0 Å². The summed E-state index contributed by atoms with van der Waals surface area (Å²) in [5.74, 6) is -0.473. The summed E-state index contributed by atoms with van der Waals surface area (Å²) in [5.41, 5.74) is 3.26. The molecule has 0 unspecified atom stereocenters. The van der Waals surface area contributed by atoms with Crippen LogP contribution in [0.4, 0.5) is 5.82 Å². The molecule has 0 radical (unpaired) electrons. The maximum Gasteiger partial charge on any atom is 0.338 e. The van der Waals surface area contributed by atoms with Crippen LogP contribution in [0.15, 0.2) is 30.5 Å². The molecular formula is C20H23N5O3. The SMILES string of the molecule is Cc1nc2ccc(C(=O)O[C@@H](C)C(=O)Nc3ccnn3C(C)C)cc2nc1C. The van der Waals surface area contributed by atoms with Gasteiger partial charge in [0.05, 0.1) is 34.2 Å². The molecule has 1 aromatic carbocycles. The summed E-state index contributed by atoms with van der Waals surface area (Å²) in [5, 5.41) is 6.89. The molecule has 8 heteroatoms. The lowest BCUT2D eigenvalue weighted by Gasteiger charge is -2.16. The highest BCUT2D eigenvalue weighted by Crippen LogP contribution is 2.17. The fraction of sp³-hybridized carbons (Fsp3) is 0.350. The molecule has 2 aromatic heterocycles. The first-order valence-corrected chi connectivity index (χ1v) is 9.06. The average molecular weight is 381 g/mol. The zero-order chi connectivity index (χ0) is 20.4. The summed E-state index contributed by atoms with van der Waals surface area (Å²) in [6.45, 7) is 9.18. The third kappa shape index (κ3) is 4.00. The van der Waals surface area contributed by atoms with Gasteiger partial charge in [-0.25, -0.2) is 19.4 Å². The smallest absolute Gasteiger partial charge is 0.338 e. The molecule has 0 spiro atoms. The van der Waals surface area contributed by atoms with Gasteiger partial charge in [-0.05, 0) is 52.8 Å². The number of hydrogen-bond acceptors (Lipinski definition) is 6. The van der Waals surface area contributed by atoms with Crippen LogP contribution >= 0.6 is 0 Å². The third-order valence-electron chi connectivity index (χ3n) is 4.37. The van der Waals surface area contributed by atoms with Gasteiger partial charge in [-0.2, -0.15) is 5.10 Å². The maximum atomic E-state index is 12.5. The molecule has 1 atom stereocenters. The Hall–Kier alpha value is -3.29. The molecule has 0 saturated carbocycles. The van der Waals surface area contributed by atoms with Crippen LogP contribution in [-0.4, -0.2) is 37.7 Å². The number of anilines is 1. The molecule has 0 fully saturated rings. The summed E-state index contributed by atoms with van der Waals surface area (Å²) in [6, 6.07) is 6.74. The Kier molecular flexibility index (Phi) is 5.39. The fourth-order valence-corrected chi connectivity index (χ4v) is 2.69. The van der Waals surface area contributed by atoms with Crippen molar-refractivity contribution in [3.8, 4) is 0 Å². The van der Waals surface area contributed by atoms with Gasteiger partial charge in [-0.1, -0.05) is 0 Å². The van der Waals surface area contributed by atoms with Gasteiger partial charge in [0, 0.05) is 12.1 Å². The Labute approximate surface area is 162 Å². The van der Waals surface area contributed by atoms with Gasteiger partial charge >= 0.3 is 5.97 Å². The number of carbonyl (C=O) groups is 2. The van der Waals surface area contributed by atoms with Crippen LogP contribution in [0.1, 0.15) is 48.6 Å². The van der Waals surface area contributed by atoms with E-state index in [0.29, 0.717) is 22.4 Å². The van der Waals surface area contributed by atoms with Crippen molar-refractivity contribution in [1.82, 2.24) is 19.7 Å². The van der Waals surface area contributed by atoms with E-state index in [9.17, 15) is 9.59 Å². The van der Waals surface area contributed by atoms with Gasteiger partial charge in [0.1, 0.15) is 5.82 Å². The Bertz CT molecular complexity index is 1040. The number of aryl methyl sites for hydroxylation is 2. The Morgan fingerprint density at radius 3 is 2.39 bits per heavy atom. The predicted octanol–water partition coefficient (Wildman–Crippen LogP) is 3.21. The number of carbonyl (C=O) groups excluding carboxylic acids is 2. The summed E-state index contributed by atoms with van der Waals surface area (Å²) in [7, 11) is 0. The number of rotatable bonds is 5. The van der Waals surface area contributed by atoms with Crippen LogP contribution in [0.5, 0.6) is 0 Å². The Balaban J connectivity index is 1.71. The quantitative estimate of drug-likeness (QED) is 0.681. The monoisotopic (exact) mass is 381 g/mol. The van der Waals surface area contributed by atoms with Crippen LogP contribution in [0.2, 0.25) is 0 Å². The minimum absolute atomic E-state index is 0.0916. The van der Waals surface area contributed by atoms with Crippen LogP contribution in [0.25, 0.3) is 11.0 Å². The van der Waals surface area contributed by atoms with Gasteiger partial charge in [0.15, 0.2) is 6.10 Å². The molecule has 0 aliphatic carbocycles. The summed E-state index contributed by atoms with van der Waals surface area (Å²) in [4.78, 5) is 33.8. The third-order valence-corrected chi connectivity index (χ3v) is 4.37. The number of amides is 1. The summed E-state index contributed by atoms with van der Waals surface area (Å²) >= 11 is 0. The lowest BCUT2D eigenvalue weighted by molar-refractivity contribution is -0.123. The molecule has 2 heterocycles. The minimum atomic E-state index is -0.968. The highest BCUT2D eigenvalue weighted by molar-refractivity contribution is 5.98. The van der Waals surface area contributed by atoms with Crippen molar-refractivity contribution < 1.29 is 14.3 Å². The predicted molar refractivity (Wildman–Crippen MR) is 105 cm³/mol. The molecule has 0 aliphatic heterocycles. The first-order chi connectivity index (χ1) is 13.3. The number of hydrogen-bond donors (Lipinski definition) is 1. The molecule has 0 aliphatic rings. The molecule has 3 rings (SSSR count). The number of nitrogens with one attached hydrogen (secondary N) is 1. The van der Waals surface area contributed by atoms with Gasteiger partial charge in [-0.3, -0.25) is 4.79 Å². The van der Waals surface area contributed by atoms with Crippen LogP contribution < -0.4 is 5.32 Å². The van der Waals surface area contributed by atoms with Crippen LogP contribution in [0.3, 0.4) is 0 Å². The average Bonchev–Trinajstić information content (AvgIpc) is 3.10. The normalized spacial score (nSPS) is 12.2. The van der Waals surface area contributed by atoms with Gasteiger partial charge in [0.25, 0.3) is 5.91 Å². The summed E-state index contributed by atoms with van der Waals surface area (Å²) < 4.78 is 7.00. The van der Waals surface area contributed by atoms with E-state index in [0.717, 1.165) is 11.4 Å². The second-order valence-corrected chi connectivity index (χ2v) is 6.89. The lowest BCUT2D eigenvalue weighted by Crippen LogP contribution is -2.31. The van der Waals surface area contributed by atoms with Gasteiger partial charge in [-0.15, -0.1) is 0 Å². The molecule has 28 heavy (non-hydrogen) atoms. The minimum Gasteiger partial charge on any atom is -0.449 e. The van der Waals surface area contributed by atoms with E-state index in [1.54, 1.807) is 35.1 Å². The summed E-state index contributed by atoms with van der Waals surface area (Å²) in [6.07, 6.45) is 0.635. The van der Waals surface area contributed by atoms with Crippen molar-refractivity contribution in [3.05, 3.63) is 47.4 Å². The number of esters is 1. The molecule has 1 amide bonds. The second-order valence-electron chi connectivity index (χ2n) is 6.89. The molecule has 0 saturated heterocycles. The Morgan fingerprint density at radius 2 is 1.71 bits per heavy atom. The molecule has 8 nitrogen and oxygen atoms in total. The standard InChI is InChI=1S/C20H23N5O3/c1-11(2)25-18(8-9-21-25)24-19(26)14(5)28-20(27)15-6-7-16-17(10-15)23-13(4)12(3)22-16/h6-11,14H,1-5H3,(H,24,26)/t14-/m0/s1. The molecular weight excluding hydrogens is 358 g/mol. The van der Waals surface area contributed by atoms with Crippen LogP contribution in [0, 0.1) is 13.8 Å². The first kappa shape index (κ1) is 19.5. The van der Waals surface area contributed by atoms with E-state index in [1.165, 1.54) is 6.92 Å². The maximum absolute atomic E-state index is 12.5. The van der Waals surface area contributed by atoms with Crippen LogP contribution in [-0.2, 0) is 9.53 Å². The number of ether oxygens (including phenoxy) is 1. The molecule has 1 N–H and O–H groups in total. The first-order valence-electron chi connectivity index (χ1n) is 9.06. The highest BCUT2D eigenvalue weighted by atomic mass is 16.5. The second kappa shape index (κ2) is 7.75. The zero-order valence-corrected chi connectivity index (χ0v) is 16.6. The van der Waals surface area contributed by atoms with Crippen molar-refractivity contribution >= 4 is 28.7 Å². The van der Waals surface area contributed by atoms with E-state index in [4.69, 9.17) is 4.74 Å². The van der Waals surface area contributed by atoms with Crippen molar-refractivity contribution in [1.29, 1.82) is 0 Å². The Morgan fingerprint density at radius 1 is 1.04 bits per heavy atom. The van der Waals surface area contributed by atoms with E-state index in [-0.39, 0.29) is 6.04 Å². The van der Waals surface area contributed by atoms with Crippen molar-refractivity contribution in [2.24, 2.45) is 0 Å². The number of benzene rings is 1. The molecule has 146 valence electrons. The van der Waals surface area contributed by atoms with Gasteiger partial charge < -0.3 is 10.1 Å². The number of nitrogens with zero attached hydrogens (tertiary/aromatic N) is 4. The largest absolute Gasteiger partial charge is 0.449 e. The van der Waals surface area contributed by atoms with E-state index < -0.39 is 18.0 Å². The zero-order valence-electron chi connectivity index (χ0n) is 16.6. The van der Waals surface area contributed by atoms with E-state index in [2.05, 4.69) is 20.4 Å². The fourth-order valence-electron chi connectivity index (χ4n) is 2.69. The molecule has 0 bridgehead atoms. The van der Waals surface area contributed by atoms with Crippen molar-refractivity contribution in [3.63, 3.8) is 0 Å². The lowest BCUT2D eigenvalue weighted by atomic mass is 10.2. The highest BCUT2D eigenvalue weighted by Gasteiger charge is 2.21.